The Hall–Kier alpha value is -2.11. The summed E-state index contributed by atoms with van der Waals surface area (Å²) in [5.74, 6) is -0.863. The van der Waals surface area contributed by atoms with Gasteiger partial charge in [0.1, 0.15) is 13.2 Å². The maximum Gasteiger partial charge on any atom is 0.306 e. The standard InChI is InChI=1S/C71H134O6/c1-4-7-10-13-16-19-22-25-28-29-30-31-32-33-34-35-36-37-38-39-40-41-42-44-46-49-52-55-58-61-64-70(73)76-67-68(66-75-69(72)63-60-57-54-51-48-45-27-24-21-18-15-12-9-6-3)77-71(74)65-62-59-56-53-50-47-43-26-23-20-17-14-11-8-5-2/h24,26-27,43,68H,4-23,25,28-42,44-67H2,1-3H3/b27-24-,43-26-. The highest BCUT2D eigenvalue weighted by atomic mass is 16.6. The first-order chi connectivity index (χ1) is 38.0. The number of hydrogen-bond acceptors (Lipinski definition) is 6. The molecular formula is C71H134O6. The van der Waals surface area contributed by atoms with Crippen LogP contribution >= 0.6 is 0 Å². The van der Waals surface area contributed by atoms with Crippen molar-refractivity contribution in [1.29, 1.82) is 0 Å². The van der Waals surface area contributed by atoms with Gasteiger partial charge < -0.3 is 14.2 Å². The zero-order valence-electron chi connectivity index (χ0n) is 52.3. The average molecular weight is 1080 g/mol. The molecule has 77 heavy (non-hydrogen) atoms. The predicted octanol–water partition coefficient (Wildman–Crippen LogP) is 23.8. The highest BCUT2D eigenvalue weighted by Gasteiger charge is 2.19. The molecule has 0 spiro atoms. The summed E-state index contributed by atoms with van der Waals surface area (Å²) in [5, 5.41) is 0. The Labute approximate surface area is 481 Å². The molecule has 0 aliphatic carbocycles. The van der Waals surface area contributed by atoms with Crippen molar-refractivity contribution in [3.05, 3.63) is 24.3 Å². The number of rotatable bonds is 65. The second-order valence-corrected chi connectivity index (χ2v) is 23.8. The van der Waals surface area contributed by atoms with Crippen LogP contribution in [0.25, 0.3) is 0 Å². The Kier molecular flexibility index (Phi) is 64.6. The SMILES string of the molecule is CCCCCCC/C=C\CCCCCCCC(=O)OCC(COC(=O)CCCCCCCCCCCCCCCCCCCCCCCCCCCCCCCC)OC(=O)CCCCCCC/C=C\CCCCCCCC. The molecule has 6 heteroatoms. The molecule has 0 saturated carbocycles. The van der Waals surface area contributed by atoms with Gasteiger partial charge in [-0.15, -0.1) is 0 Å². The van der Waals surface area contributed by atoms with Crippen LogP contribution in [0.2, 0.25) is 0 Å². The molecule has 1 unspecified atom stereocenters. The zero-order valence-corrected chi connectivity index (χ0v) is 52.3. The van der Waals surface area contributed by atoms with Gasteiger partial charge in [0.05, 0.1) is 0 Å². The number of allylic oxidation sites excluding steroid dienone is 4. The number of ether oxygens (including phenoxy) is 3. The van der Waals surface area contributed by atoms with Crippen LogP contribution in [-0.2, 0) is 28.6 Å². The molecule has 0 amide bonds. The monoisotopic (exact) mass is 1080 g/mol. The summed E-state index contributed by atoms with van der Waals surface area (Å²) in [5.41, 5.74) is 0. The topological polar surface area (TPSA) is 78.9 Å². The smallest absolute Gasteiger partial charge is 0.306 e. The fourth-order valence-electron chi connectivity index (χ4n) is 10.7. The third kappa shape index (κ3) is 64.6. The second-order valence-electron chi connectivity index (χ2n) is 23.8. The predicted molar refractivity (Wildman–Crippen MR) is 335 cm³/mol. The highest BCUT2D eigenvalue weighted by molar-refractivity contribution is 5.71. The molecule has 0 rings (SSSR count). The van der Waals surface area contributed by atoms with Crippen molar-refractivity contribution in [2.75, 3.05) is 13.2 Å². The van der Waals surface area contributed by atoms with Gasteiger partial charge in [0.15, 0.2) is 6.10 Å². The lowest BCUT2D eigenvalue weighted by molar-refractivity contribution is -0.167. The molecule has 0 aromatic carbocycles. The fourth-order valence-corrected chi connectivity index (χ4v) is 10.7. The van der Waals surface area contributed by atoms with E-state index in [-0.39, 0.29) is 31.1 Å². The van der Waals surface area contributed by atoms with Gasteiger partial charge in [-0.25, -0.2) is 0 Å². The quantitative estimate of drug-likeness (QED) is 0.0261. The zero-order chi connectivity index (χ0) is 55.7. The van der Waals surface area contributed by atoms with Gasteiger partial charge in [-0.05, 0) is 70.6 Å². The Morgan fingerprint density at radius 3 is 0.649 bits per heavy atom. The molecule has 0 aromatic rings. The number of carbonyl (C=O) groups is 3. The third-order valence-corrected chi connectivity index (χ3v) is 15.9. The first-order valence-electron chi connectivity index (χ1n) is 34.8. The molecular weight excluding hydrogens is 949 g/mol. The van der Waals surface area contributed by atoms with Gasteiger partial charge in [-0.3, -0.25) is 14.4 Å². The maximum absolute atomic E-state index is 12.9. The Morgan fingerprint density at radius 1 is 0.247 bits per heavy atom. The van der Waals surface area contributed by atoms with Crippen LogP contribution in [0.15, 0.2) is 24.3 Å². The number of hydrogen-bond donors (Lipinski definition) is 0. The number of esters is 3. The normalized spacial score (nSPS) is 12.1. The Bertz CT molecular complexity index is 1240. The van der Waals surface area contributed by atoms with Crippen molar-refractivity contribution in [2.24, 2.45) is 0 Å². The first kappa shape index (κ1) is 74.9. The van der Waals surface area contributed by atoms with Crippen LogP contribution in [0, 0.1) is 0 Å². The van der Waals surface area contributed by atoms with Crippen LogP contribution in [-0.4, -0.2) is 37.2 Å². The molecule has 0 aliphatic rings. The van der Waals surface area contributed by atoms with Crippen molar-refractivity contribution in [2.45, 2.75) is 399 Å². The van der Waals surface area contributed by atoms with Gasteiger partial charge in [0.2, 0.25) is 0 Å². The average Bonchev–Trinajstić information content (AvgIpc) is 3.43. The molecule has 0 fully saturated rings. The summed E-state index contributed by atoms with van der Waals surface area (Å²) in [7, 11) is 0. The summed E-state index contributed by atoms with van der Waals surface area (Å²) in [6.07, 6.45) is 80.8. The molecule has 6 nitrogen and oxygen atoms in total. The Balaban J connectivity index is 4.13. The lowest BCUT2D eigenvalue weighted by atomic mass is 10.0. The van der Waals surface area contributed by atoms with Crippen molar-refractivity contribution in [3.8, 4) is 0 Å². The van der Waals surface area contributed by atoms with Crippen LogP contribution in [0.3, 0.4) is 0 Å². The molecule has 1 atom stereocenters. The van der Waals surface area contributed by atoms with E-state index in [0.29, 0.717) is 19.3 Å². The summed E-state index contributed by atoms with van der Waals surface area (Å²) in [6.45, 7) is 6.68. The largest absolute Gasteiger partial charge is 0.462 e. The van der Waals surface area contributed by atoms with Crippen LogP contribution < -0.4 is 0 Å². The maximum atomic E-state index is 12.9. The van der Waals surface area contributed by atoms with Gasteiger partial charge in [0.25, 0.3) is 0 Å². The molecule has 0 saturated heterocycles. The van der Waals surface area contributed by atoms with Gasteiger partial charge in [0, 0.05) is 19.3 Å². The molecule has 0 aromatic heterocycles. The van der Waals surface area contributed by atoms with E-state index < -0.39 is 6.10 Å². The summed E-state index contributed by atoms with van der Waals surface area (Å²) >= 11 is 0. The van der Waals surface area contributed by atoms with E-state index in [1.54, 1.807) is 0 Å². The van der Waals surface area contributed by atoms with Gasteiger partial charge in [-0.2, -0.15) is 0 Å². The van der Waals surface area contributed by atoms with E-state index in [0.717, 1.165) is 70.6 Å². The minimum Gasteiger partial charge on any atom is -0.462 e. The molecule has 0 radical (unpaired) electrons. The highest BCUT2D eigenvalue weighted by Crippen LogP contribution is 2.19. The first-order valence-corrected chi connectivity index (χ1v) is 34.8. The molecule has 0 N–H and O–H groups in total. The number of unbranched alkanes of at least 4 members (excludes halogenated alkanes) is 50. The molecule has 454 valence electrons. The lowest BCUT2D eigenvalue weighted by Gasteiger charge is -2.18. The van der Waals surface area contributed by atoms with Crippen molar-refractivity contribution < 1.29 is 28.6 Å². The van der Waals surface area contributed by atoms with Crippen LogP contribution in [0.5, 0.6) is 0 Å². The van der Waals surface area contributed by atoms with E-state index in [1.807, 2.05) is 0 Å². The Morgan fingerprint density at radius 2 is 0.429 bits per heavy atom. The number of carbonyl (C=O) groups excluding carboxylic acids is 3. The van der Waals surface area contributed by atoms with Crippen LogP contribution in [0.1, 0.15) is 393 Å². The summed E-state index contributed by atoms with van der Waals surface area (Å²) in [6, 6.07) is 0. The van der Waals surface area contributed by atoms with E-state index in [9.17, 15) is 14.4 Å². The van der Waals surface area contributed by atoms with Crippen molar-refractivity contribution in [3.63, 3.8) is 0 Å². The van der Waals surface area contributed by atoms with Crippen molar-refractivity contribution in [1.82, 2.24) is 0 Å². The van der Waals surface area contributed by atoms with E-state index in [1.165, 1.54) is 283 Å². The van der Waals surface area contributed by atoms with E-state index >= 15 is 0 Å². The third-order valence-electron chi connectivity index (χ3n) is 15.9. The van der Waals surface area contributed by atoms with Gasteiger partial charge in [-0.1, -0.05) is 328 Å². The van der Waals surface area contributed by atoms with E-state index in [2.05, 4.69) is 45.1 Å². The minimum absolute atomic E-state index is 0.0723. The van der Waals surface area contributed by atoms with E-state index in [4.69, 9.17) is 14.2 Å². The summed E-state index contributed by atoms with van der Waals surface area (Å²) in [4.78, 5) is 38.3. The van der Waals surface area contributed by atoms with Gasteiger partial charge >= 0.3 is 17.9 Å². The molecule has 0 heterocycles. The van der Waals surface area contributed by atoms with Crippen LogP contribution in [0.4, 0.5) is 0 Å². The molecule has 0 bridgehead atoms. The van der Waals surface area contributed by atoms with Crippen molar-refractivity contribution >= 4 is 17.9 Å². The summed E-state index contributed by atoms with van der Waals surface area (Å²) < 4.78 is 16.9. The minimum atomic E-state index is -0.777. The second kappa shape index (κ2) is 66.4. The lowest BCUT2D eigenvalue weighted by Crippen LogP contribution is -2.30. The molecule has 0 aliphatic heterocycles. The fraction of sp³-hybridized carbons (Fsp3) is 0.901.